The van der Waals surface area contributed by atoms with Gasteiger partial charge in [-0.2, -0.15) is 13.2 Å². The Hall–Kier alpha value is -3.66. The van der Waals surface area contributed by atoms with Crippen LogP contribution in [0, 0.1) is 11.8 Å². The van der Waals surface area contributed by atoms with Crippen molar-refractivity contribution in [1.82, 2.24) is 15.1 Å². The quantitative estimate of drug-likeness (QED) is 0.483. The molecule has 0 aliphatic carbocycles. The van der Waals surface area contributed by atoms with Crippen LogP contribution in [-0.2, 0) is 20.8 Å². The molecule has 0 spiro atoms. The summed E-state index contributed by atoms with van der Waals surface area (Å²) < 4.78 is 44.1. The average molecular weight is 546 g/mol. The predicted octanol–water partition coefficient (Wildman–Crippen LogP) is 4.33. The van der Waals surface area contributed by atoms with Gasteiger partial charge in [0, 0.05) is 19.0 Å². The highest BCUT2D eigenvalue weighted by Crippen LogP contribution is 2.41. The summed E-state index contributed by atoms with van der Waals surface area (Å²) in [6, 6.07) is 13.2. The molecule has 3 atom stereocenters. The van der Waals surface area contributed by atoms with Crippen molar-refractivity contribution >= 4 is 23.4 Å². The van der Waals surface area contributed by atoms with Gasteiger partial charge in [0.05, 0.1) is 11.7 Å². The third-order valence-electron chi connectivity index (χ3n) is 6.63. The van der Waals surface area contributed by atoms with E-state index in [1.54, 1.807) is 93.7 Å². The smallest absolute Gasteiger partial charge is 0.362 e. The molecule has 10 heteroatoms. The largest absolute Gasteiger partial charge is 0.438 e. The van der Waals surface area contributed by atoms with Gasteiger partial charge in [0.2, 0.25) is 11.8 Å². The first-order valence-corrected chi connectivity index (χ1v) is 12.7. The van der Waals surface area contributed by atoms with E-state index < -0.39 is 54.1 Å². The molecule has 39 heavy (non-hydrogen) atoms. The fraction of sp³-hybridized carbons (Fsp3) is 0.414. The van der Waals surface area contributed by atoms with Gasteiger partial charge in [0.15, 0.2) is 0 Å². The lowest BCUT2D eigenvalue weighted by Crippen LogP contribution is -2.72. The van der Waals surface area contributed by atoms with Crippen LogP contribution in [0.2, 0.25) is 0 Å². The van der Waals surface area contributed by atoms with Crippen molar-refractivity contribution in [3.63, 3.8) is 0 Å². The average Bonchev–Trinajstić information content (AvgIpc) is 2.86. The zero-order chi connectivity index (χ0) is 29.1. The molecule has 0 aromatic heterocycles. The summed E-state index contributed by atoms with van der Waals surface area (Å²) in [6.07, 6.45) is -4.43. The molecular weight excluding hydrogens is 511 g/mol. The van der Waals surface area contributed by atoms with E-state index in [2.05, 4.69) is 0 Å². The first kappa shape index (κ1) is 29.9. The Kier molecular flexibility index (Phi) is 8.90. The van der Waals surface area contributed by atoms with Gasteiger partial charge in [-0.15, -0.1) is 0 Å². The third-order valence-corrected chi connectivity index (χ3v) is 6.63. The number of halogens is 3. The number of hydrogen-bond acceptors (Lipinski definition) is 4. The second-order valence-electron chi connectivity index (χ2n) is 10.3. The van der Waals surface area contributed by atoms with Crippen molar-refractivity contribution in [2.75, 3.05) is 0 Å². The van der Waals surface area contributed by atoms with Gasteiger partial charge in [0.25, 0.3) is 11.6 Å². The summed E-state index contributed by atoms with van der Waals surface area (Å²) >= 11 is 0. The van der Waals surface area contributed by atoms with Gasteiger partial charge >= 0.3 is 6.18 Å². The van der Waals surface area contributed by atoms with Crippen molar-refractivity contribution in [3.8, 4) is 0 Å². The number of rotatable bonds is 8. The molecule has 0 bridgehead atoms. The van der Waals surface area contributed by atoms with E-state index in [9.17, 15) is 32.7 Å². The second kappa shape index (κ2) is 11.6. The molecular formula is C29H34F3N3O4. The molecule has 2 aromatic rings. The van der Waals surface area contributed by atoms with Gasteiger partial charge < -0.3 is 15.3 Å². The minimum absolute atomic E-state index is 0.000424. The van der Waals surface area contributed by atoms with Crippen LogP contribution in [0.1, 0.15) is 45.7 Å². The summed E-state index contributed by atoms with van der Waals surface area (Å²) in [6.45, 7) is 7.59. The Morgan fingerprint density at radius 1 is 0.974 bits per heavy atom. The van der Waals surface area contributed by atoms with E-state index in [-0.39, 0.29) is 11.6 Å². The first-order chi connectivity index (χ1) is 18.2. The number of alkyl halides is 3. The number of amides is 3. The molecule has 2 N–H and O–H groups in total. The molecule has 3 rings (SSSR count). The van der Waals surface area contributed by atoms with E-state index in [0.717, 1.165) is 11.8 Å². The number of hydrogen-bond donors (Lipinski definition) is 2. The molecule has 0 saturated heterocycles. The molecule has 3 unspecified atom stereocenters. The molecule has 0 saturated carbocycles. The molecule has 210 valence electrons. The van der Waals surface area contributed by atoms with Crippen LogP contribution in [-0.4, -0.2) is 56.6 Å². The highest BCUT2D eigenvalue weighted by Gasteiger charge is 2.63. The van der Waals surface area contributed by atoms with E-state index in [1.165, 1.54) is 11.1 Å². The molecule has 2 aromatic carbocycles. The van der Waals surface area contributed by atoms with Crippen LogP contribution < -0.4 is 5.32 Å². The molecule has 0 radical (unpaired) electrons. The maximum atomic E-state index is 14.7. The normalized spacial score (nSPS) is 18.6. The predicted molar refractivity (Wildman–Crippen MR) is 140 cm³/mol. The summed E-state index contributed by atoms with van der Waals surface area (Å²) in [4.78, 5) is 41.7. The van der Waals surface area contributed by atoms with Crippen LogP contribution in [0.4, 0.5) is 13.2 Å². The lowest BCUT2D eigenvalue weighted by atomic mass is 9.88. The monoisotopic (exact) mass is 545 g/mol. The summed E-state index contributed by atoms with van der Waals surface area (Å²) in [5.41, 5.74) is -3.05. The topological polar surface area (TPSA) is 89.9 Å². The van der Waals surface area contributed by atoms with E-state index >= 15 is 0 Å². The minimum atomic E-state index is -5.36. The number of carbonyl (C=O) groups excluding carboxylic acids is 3. The van der Waals surface area contributed by atoms with Crippen molar-refractivity contribution < 1.29 is 32.7 Å². The lowest BCUT2D eigenvalue weighted by molar-refractivity contribution is -0.287. The zero-order valence-corrected chi connectivity index (χ0v) is 22.6. The summed E-state index contributed by atoms with van der Waals surface area (Å²) in [5, 5.41) is 13.0. The minimum Gasteiger partial charge on any atom is -0.362 e. The molecule has 0 fully saturated rings. The van der Waals surface area contributed by atoms with Gasteiger partial charge in [-0.1, -0.05) is 88.4 Å². The Morgan fingerprint density at radius 2 is 1.51 bits per heavy atom. The fourth-order valence-corrected chi connectivity index (χ4v) is 4.78. The van der Waals surface area contributed by atoms with Crippen molar-refractivity contribution in [3.05, 3.63) is 78.0 Å². The Morgan fingerprint density at radius 3 is 1.97 bits per heavy atom. The van der Waals surface area contributed by atoms with Gasteiger partial charge in [-0.25, -0.2) is 0 Å². The highest BCUT2D eigenvalue weighted by molar-refractivity contribution is 5.98. The highest BCUT2D eigenvalue weighted by atomic mass is 19.4. The Balaban J connectivity index is 2.37. The van der Waals surface area contributed by atoms with E-state index in [4.69, 9.17) is 0 Å². The zero-order valence-electron chi connectivity index (χ0n) is 22.6. The van der Waals surface area contributed by atoms with Gasteiger partial charge in [-0.3, -0.25) is 19.3 Å². The lowest BCUT2D eigenvalue weighted by Gasteiger charge is -2.49. The number of aliphatic hydroxyl groups is 1. The Labute approximate surface area is 226 Å². The molecule has 1 aliphatic rings. The maximum Gasteiger partial charge on any atom is 0.438 e. The maximum absolute atomic E-state index is 14.7. The fourth-order valence-electron chi connectivity index (χ4n) is 4.78. The van der Waals surface area contributed by atoms with Gasteiger partial charge in [-0.05, 0) is 23.5 Å². The second-order valence-corrected chi connectivity index (χ2v) is 10.3. The Bertz CT molecular complexity index is 1220. The van der Waals surface area contributed by atoms with Crippen LogP contribution in [0.5, 0.6) is 0 Å². The standard InChI is InChI=1S/C29H34F3N3O4/c1-18(2)25-27(38)35(23(22-14-10-7-11-15-22)17-34(25)26(37)19(3)4)24(16-21-12-8-6-9-13-21)28(39,29(30,31)32)33-20(5)36/h6-15,17-19,24-25,39H,16H2,1-5H3,(H,33,36). The first-order valence-electron chi connectivity index (χ1n) is 12.7. The number of carbonyl (C=O) groups is 3. The van der Waals surface area contributed by atoms with Crippen molar-refractivity contribution in [2.45, 2.75) is 65.0 Å². The molecule has 1 aliphatic heterocycles. The summed E-state index contributed by atoms with van der Waals surface area (Å²) in [5.74, 6) is -3.27. The number of benzene rings is 2. The van der Waals surface area contributed by atoms with Crippen LogP contribution >= 0.6 is 0 Å². The van der Waals surface area contributed by atoms with Crippen molar-refractivity contribution in [1.29, 1.82) is 0 Å². The number of nitrogens with one attached hydrogen (secondary N) is 1. The SMILES string of the molecule is CC(=O)NC(O)(C(Cc1ccccc1)N1C(=O)C(C(C)C)N(C(=O)C(C)C)C=C1c1ccccc1)C(F)(F)F. The van der Waals surface area contributed by atoms with Crippen LogP contribution in [0.15, 0.2) is 66.9 Å². The third kappa shape index (κ3) is 6.16. The summed E-state index contributed by atoms with van der Waals surface area (Å²) in [7, 11) is 0. The van der Waals surface area contributed by atoms with E-state index in [0.29, 0.717) is 11.1 Å². The molecule has 3 amide bonds. The molecule has 1 heterocycles. The van der Waals surface area contributed by atoms with Crippen LogP contribution in [0.3, 0.4) is 0 Å². The van der Waals surface area contributed by atoms with Gasteiger partial charge in [0.1, 0.15) is 6.04 Å². The van der Waals surface area contributed by atoms with Crippen molar-refractivity contribution in [2.24, 2.45) is 11.8 Å². The van der Waals surface area contributed by atoms with E-state index in [1.807, 2.05) is 0 Å². The number of nitrogens with zero attached hydrogens (tertiary/aromatic N) is 2. The molecule has 7 nitrogen and oxygen atoms in total. The van der Waals surface area contributed by atoms with Crippen LogP contribution in [0.25, 0.3) is 5.70 Å².